The topological polar surface area (TPSA) is 85.8 Å². The lowest BCUT2D eigenvalue weighted by atomic mass is 10.1. The molecule has 0 radical (unpaired) electrons. The van der Waals surface area contributed by atoms with Crippen LogP contribution < -0.4 is 11.1 Å². The van der Waals surface area contributed by atoms with Crippen LogP contribution in [-0.4, -0.2) is 26.9 Å². The second kappa shape index (κ2) is 6.62. The Morgan fingerprint density at radius 2 is 2.14 bits per heavy atom. The van der Waals surface area contributed by atoms with E-state index in [-0.39, 0.29) is 11.9 Å². The molecule has 1 atom stereocenters. The van der Waals surface area contributed by atoms with Crippen molar-refractivity contribution in [3.05, 3.63) is 29.8 Å². The first-order valence-corrected chi connectivity index (χ1v) is 7.91. The predicted molar refractivity (Wildman–Crippen MR) is 85.4 cm³/mol. The molecular formula is C14H19N5OS. The molecule has 3 N–H and O–H groups in total. The molecule has 0 unspecified atom stereocenters. The van der Waals surface area contributed by atoms with Gasteiger partial charge in [-0.25, -0.2) is 0 Å². The van der Waals surface area contributed by atoms with Gasteiger partial charge in [0.05, 0.1) is 0 Å². The number of anilines is 2. The second-order valence-corrected chi connectivity index (χ2v) is 5.42. The maximum atomic E-state index is 12.6. The maximum Gasteiger partial charge on any atom is 0.247 e. The number of hydrogen-bond donors (Lipinski definition) is 2. The highest BCUT2D eigenvalue weighted by atomic mass is 32.2. The molecule has 0 aliphatic heterocycles. The summed E-state index contributed by atoms with van der Waals surface area (Å²) < 4.78 is 1.68. The molecule has 1 amide bonds. The van der Waals surface area contributed by atoms with E-state index in [0.717, 1.165) is 11.3 Å². The lowest BCUT2D eigenvalue weighted by molar-refractivity contribution is -0.119. The van der Waals surface area contributed by atoms with Crippen LogP contribution >= 0.6 is 11.8 Å². The van der Waals surface area contributed by atoms with E-state index in [2.05, 4.69) is 15.5 Å². The van der Waals surface area contributed by atoms with E-state index in [1.165, 1.54) is 11.8 Å². The Morgan fingerprint density at radius 3 is 2.76 bits per heavy atom. The van der Waals surface area contributed by atoms with Crippen LogP contribution in [-0.2, 0) is 4.79 Å². The monoisotopic (exact) mass is 305 g/mol. The zero-order valence-corrected chi connectivity index (χ0v) is 13.1. The first-order valence-electron chi connectivity index (χ1n) is 6.69. The molecule has 1 heterocycles. The van der Waals surface area contributed by atoms with E-state index in [1.54, 1.807) is 4.57 Å². The van der Waals surface area contributed by atoms with Crippen LogP contribution in [0.4, 0.5) is 11.6 Å². The molecule has 0 aliphatic carbocycles. The smallest absolute Gasteiger partial charge is 0.247 e. The van der Waals surface area contributed by atoms with Crippen molar-refractivity contribution in [2.75, 3.05) is 17.3 Å². The Morgan fingerprint density at radius 1 is 1.43 bits per heavy atom. The van der Waals surface area contributed by atoms with Crippen molar-refractivity contribution < 1.29 is 4.79 Å². The van der Waals surface area contributed by atoms with Gasteiger partial charge in [0.1, 0.15) is 6.04 Å². The first kappa shape index (κ1) is 15.4. The molecule has 0 bridgehead atoms. The van der Waals surface area contributed by atoms with Crippen LogP contribution in [0.1, 0.15) is 24.9 Å². The molecule has 0 saturated carbocycles. The summed E-state index contributed by atoms with van der Waals surface area (Å²) in [5.74, 6) is 0.139. The third-order valence-corrected chi connectivity index (χ3v) is 3.92. The molecule has 21 heavy (non-hydrogen) atoms. The van der Waals surface area contributed by atoms with Gasteiger partial charge in [0.25, 0.3) is 0 Å². The quantitative estimate of drug-likeness (QED) is 0.829. The summed E-state index contributed by atoms with van der Waals surface area (Å²) in [7, 11) is 0. The van der Waals surface area contributed by atoms with Gasteiger partial charge >= 0.3 is 0 Å². The number of thioether (sulfide) groups is 1. The summed E-state index contributed by atoms with van der Waals surface area (Å²) in [4.78, 5) is 12.6. The maximum absolute atomic E-state index is 12.6. The molecule has 0 saturated heterocycles. The SMILES string of the molecule is CC[C@@H](C(=O)Nc1ccccc1C)n1c(N)nnc1SC. The molecule has 2 aromatic rings. The van der Waals surface area contributed by atoms with E-state index in [4.69, 9.17) is 5.73 Å². The number of para-hydroxylation sites is 1. The third kappa shape index (κ3) is 3.18. The summed E-state index contributed by atoms with van der Waals surface area (Å²) in [6, 6.07) is 7.24. The van der Waals surface area contributed by atoms with Gasteiger partial charge in [-0.2, -0.15) is 0 Å². The largest absolute Gasteiger partial charge is 0.368 e. The van der Waals surface area contributed by atoms with E-state index in [9.17, 15) is 4.79 Å². The van der Waals surface area contributed by atoms with Crippen LogP contribution in [0, 0.1) is 6.92 Å². The molecule has 7 heteroatoms. The molecule has 0 aliphatic rings. The Hall–Kier alpha value is -2.02. The van der Waals surface area contributed by atoms with Crippen LogP contribution in [0.3, 0.4) is 0 Å². The Bertz CT molecular complexity index is 640. The van der Waals surface area contributed by atoms with Crippen molar-refractivity contribution in [2.45, 2.75) is 31.5 Å². The number of amides is 1. The van der Waals surface area contributed by atoms with Gasteiger partial charge in [-0.15, -0.1) is 10.2 Å². The normalized spacial score (nSPS) is 12.1. The van der Waals surface area contributed by atoms with E-state index >= 15 is 0 Å². The summed E-state index contributed by atoms with van der Waals surface area (Å²) in [6.45, 7) is 3.89. The van der Waals surface area contributed by atoms with Crippen molar-refractivity contribution in [3.63, 3.8) is 0 Å². The van der Waals surface area contributed by atoms with Gasteiger partial charge < -0.3 is 11.1 Å². The molecule has 0 fully saturated rings. The van der Waals surface area contributed by atoms with Crippen LogP contribution in [0.2, 0.25) is 0 Å². The Balaban J connectivity index is 2.27. The van der Waals surface area contributed by atoms with Crippen molar-refractivity contribution in [3.8, 4) is 0 Å². The zero-order valence-electron chi connectivity index (χ0n) is 12.3. The second-order valence-electron chi connectivity index (χ2n) is 4.64. The van der Waals surface area contributed by atoms with Crippen LogP contribution in [0.5, 0.6) is 0 Å². The zero-order chi connectivity index (χ0) is 15.4. The summed E-state index contributed by atoms with van der Waals surface area (Å²) in [6.07, 6.45) is 2.49. The van der Waals surface area contributed by atoms with Crippen molar-refractivity contribution in [2.24, 2.45) is 0 Å². The number of aromatic nitrogens is 3. The highest BCUT2D eigenvalue weighted by Gasteiger charge is 2.24. The fraction of sp³-hybridized carbons (Fsp3) is 0.357. The number of rotatable bonds is 5. The van der Waals surface area contributed by atoms with Crippen molar-refractivity contribution in [1.29, 1.82) is 0 Å². The highest BCUT2D eigenvalue weighted by Crippen LogP contribution is 2.25. The molecule has 112 valence electrons. The minimum Gasteiger partial charge on any atom is -0.368 e. The van der Waals surface area contributed by atoms with Gasteiger partial charge in [-0.05, 0) is 31.2 Å². The minimum absolute atomic E-state index is 0.117. The van der Waals surface area contributed by atoms with E-state index < -0.39 is 6.04 Å². The number of nitrogen functional groups attached to an aromatic ring is 1. The summed E-state index contributed by atoms with van der Waals surface area (Å²) >= 11 is 1.42. The van der Waals surface area contributed by atoms with Crippen LogP contribution in [0.25, 0.3) is 0 Å². The van der Waals surface area contributed by atoms with Gasteiger partial charge in [-0.1, -0.05) is 36.9 Å². The lowest BCUT2D eigenvalue weighted by Crippen LogP contribution is -2.27. The number of nitrogens with zero attached hydrogens (tertiary/aromatic N) is 3. The van der Waals surface area contributed by atoms with Gasteiger partial charge in [-0.3, -0.25) is 9.36 Å². The average molecular weight is 305 g/mol. The average Bonchev–Trinajstić information content (AvgIpc) is 2.84. The van der Waals surface area contributed by atoms with Gasteiger partial charge in [0.2, 0.25) is 11.9 Å². The number of aryl methyl sites for hydroxylation is 1. The molecule has 0 spiro atoms. The summed E-state index contributed by atoms with van der Waals surface area (Å²) in [5, 5.41) is 11.4. The number of nitrogens with one attached hydrogen (secondary N) is 1. The number of carbonyl (C=O) groups is 1. The van der Waals surface area contributed by atoms with Crippen LogP contribution in [0.15, 0.2) is 29.4 Å². The number of carbonyl (C=O) groups excluding carboxylic acids is 1. The predicted octanol–water partition coefficient (Wildman–Crippen LogP) is 2.48. The minimum atomic E-state index is -0.429. The summed E-state index contributed by atoms with van der Waals surface area (Å²) in [5.41, 5.74) is 7.67. The molecular weight excluding hydrogens is 286 g/mol. The fourth-order valence-electron chi connectivity index (χ4n) is 2.13. The molecule has 1 aromatic carbocycles. The Kier molecular flexibility index (Phi) is 4.85. The van der Waals surface area contributed by atoms with Crippen molar-refractivity contribution in [1.82, 2.24) is 14.8 Å². The number of hydrogen-bond acceptors (Lipinski definition) is 5. The third-order valence-electron chi connectivity index (χ3n) is 3.28. The van der Waals surface area contributed by atoms with Gasteiger partial charge in [0, 0.05) is 5.69 Å². The molecule has 1 aromatic heterocycles. The Labute approximate surface area is 128 Å². The molecule has 2 rings (SSSR count). The number of nitrogens with two attached hydrogens (primary N) is 1. The first-order chi connectivity index (χ1) is 10.1. The fourth-order valence-corrected chi connectivity index (χ4v) is 2.67. The van der Waals surface area contributed by atoms with Gasteiger partial charge in [0.15, 0.2) is 5.16 Å². The lowest BCUT2D eigenvalue weighted by Gasteiger charge is -2.19. The van der Waals surface area contributed by atoms with E-state index in [1.807, 2.05) is 44.4 Å². The van der Waals surface area contributed by atoms with E-state index in [0.29, 0.717) is 11.6 Å². The number of benzene rings is 1. The highest BCUT2D eigenvalue weighted by molar-refractivity contribution is 7.98. The van der Waals surface area contributed by atoms with Crippen molar-refractivity contribution >= 4 is 29.3 Å². The standard InChI is InChI=1S/C14H19N5OS/c1-4-11(19-13(15)17-18-14(19)21-3)12(20)16-10-8-6-5-7-9(10)2/h5-8,11H,4H2,1-3H3,(H2,15,17)(H,16,20)/t11-/m0/s1. The molecule has 6 nitrogen and oxygen atoms in total.